The van der Waals surface area contributed by atoms with Crippen LogP contribution in [-0.4, -0.2) is 21.8 Å². The molecule has 1 rings (SSSR count). The maximum atomic E-state index is 11.6. The first-order valence-electron chi connectivity index (χ1n) is 6.44. The van der Waals surface area contributed by atoms with E-state index in [9.17, 15) is 13.0 Å². The molecule has 0 atom stereocenters. The third kappa shape index (κ3) is 3.46. The van der Waals surface area contributed by atoms with E-state index in [4.69, 9.17) is 0 Å². The zero-order chi connectivity index (χ0) is 15.0. The van der Waals surface area contributed by atoms with Gasteiger partial charge in [0.15, 0.2) is 0 Å². The summed E-state index contributed by atoms with van der Waals surface area (Å²) in [5, 5.41) is 0.847. The fourth-order valence-electron chi connectivity index (χ4n) is 2.49. The molecule has 19 heavy (non-hydrogen) atoms. The van der Waals surface area contributed by atoms with E-state index in [-0.39, 0.29) is 10.3 Å². The molecule has 0 spiro atoms. The Hall–Kier alpha value is -0.653. The number of aryl methyl sites for hydroxylation is 1. The molecule has 0 amide bonds. The van der Waals surface area contributed by atoms with Gasteiger partial charge >= 0.3 is 0 Å². The lowest BCUT2D eigenvalue weighted by molar-refractivity contribution is 0.483. The van der Waals surface area contributed by atoms with Gasteiger partial charge in [-0.05, 0) is 34.2 Å². The molecule has 0 saturated heterocycles. The smallest absolute Gasteiger partial charge is 0.282 e. The molecule has 0 heterocycles. The molecule has 1 aromatic rings. The van der Waals surface area contributed by atoms with Crippen LogP contribution < -0.4 is 5.19 Å². The van der Waals surface area contributed by atoms with Crippen LogP contribution in [-0.2, 0) is 22.0 Å². The second-order valence-corrected chi connectivity index (χ2v) is 9.94. The Kier molecular flexibility index (Phi) is 4.65. The van der Waals surface area contributed by atoms with Gasteiger partial charge in [0.1, 0.15) is 0 Å². The first kappa shape index (κ1) is 16.4. The minimum absolute atomic E-state index is 0.0912. The van der Waals surface area contributed by atoms with Gasteiger partial charge in [0.25, 0.3) is 10.1 Å². The molecule has 0 aliphatic rings. The Morgan fingerprint density at radius 2 is 1.74 bits per heavy atom. The molecule has 0 fully saturated rings. The zero-order valence-electron chi connectivity index (χ0n) is 12.5. The summed E-state index contributed by atoms with van der Waals surface area (Å²) >= 11 is 0. The predicted molar refractivity (Wildman–Crippen MR) is 81.5 cm³/mol. The summed E-state index contributed by atoms with van der Waals surface area (Å²) in [5.74, 6) is 0. The Balaban J connectivity index is 3.85. The lowest BCUT2D eigenvalue weighted by Gasteiger charge is -2.29. The molecule has 0 aliphatic carbocycles. The molecule has 1 N–H and O–H groups in total. The van der Waals surface area contributed by atoms with Gasteiger partial charge in [0.05, 0.1) is 13.7 Å². The van der Waals surface area contributed by atoms with Crippen molar-refractivity contribution in [2.24, 2.45) is 0 Å². The molecule has 3 nitrogen and oxygen atoms in total. The van der Waals surface area contributed by atoms with Crippen LogP contribution >= 0.6 is 0 Å². The fourth-order valence-corrected chi connectivity index (χ4v) is 5.70. The van der Waals surface area contributed by atoms with Crippen molar-refractivity contribution in [3.8, 4) is 0 Å². The van der Waals surface area contributed by atoms with E-state index in [0.717, 1.165) is 17.2 Å². The summed E-state index contributed by atoms with van der Waals surface area (Å²) in [6, 6.07) is 3.38. The molecule has 0 aliphatic heterocycles. The fraction of sp³-hybridized carbons (Fsp3) is 0.571. The average Bonchev–Trinajstić information content (AvgIpc) is 2.24. The molecular formula is C14H23O3SSi. The standard InChI is InChI=1S/C14H23O3SSi/c1-7-10-8-9-11(18(15,16)17)13(19(5)6)12(10)14(2,3)4/h8-9H,7H2,1-6H3,(H,15,16,17). The maximum Gasteiger partial charge on any atom is 0.294 e. The molecule has 0 aromatic heterocycles. The summed E-state index contributed by atoms with van der Waals surface area (Å²) in [7, 11) is -5.17. The Bertz CT molecular complexity index is 569. The first-order chi connectivity index (χ1) is 8.50. The van der Waals surface area contributed by atoms with E-state index in [1.807, 2.05) is 6.07 Å². The van der Waals surface area contributed by atoms with Crippen LogP contribution in [0.25, 0.3) is 0 Å². The van der Waals surface area contributed by atoms with E-state index >= 15 is 0 Å². The van der Waals surface area contributed by atoms with Crippen molar-refractivity contribution in [1.82, 2.24) is 0 Å². The van der Waals surface area contributed by atoms with Crippen LogP contribution in [0.5, 0.6) is 0 Å². The van der Waals surface area contributed by atoms with Crippen LogP contribution in [0.3, 0.4) is 0 Å². The minimum atomic E-state index is -4.16. The van der Waals surface area contributed by atoms with E-state index in [1.165, 1.54) is 5.56 Å². The highest BCUT2D eigenvalue weighted by atomic mass is 32.2. The number of hydrogen-bond donors (Lipinski definition) is 1. The van der Waals surface area contributed by atoms with Crippen LogP contribution in [0.1, 0.15) is 38.8 Å². The highest BCUT2D eigenvalue weighted by Crippen LogP contribution is 2.28. The van der Waals surface area contributed by atoms with Gasteiger partial charge in [0.2, 0.25) is 0 Å². The van der Waals surface area contributed by atoms with Crippen LogP contribution in [0.2, 0.25) is 13.1 Å². The molecule has 5 heteroatoms. The molecular weight excluding hydrogens is 276 g/mol. The van der Waals surface area contributed by atoms with Gasteiger partial charge in [-0.1, -0.05) is 46.9 Å². The molecule has 0 bridgehead atoms. The minimum Gasteiger partial charge on any atom is -0.282 e. The predicted octanol–water partition coefficient (Wildman–Crippen LogP) is 2.75. The topological polar surface area (TPSA) is 54.4 Å². The van der Waals surface area contributed by atoms with Crippen molar-refractivity contribution in [1.29, 1.82) is 0 Å². The molecule has 1 aromatic carbocycles. The third-order valence-corrected chi connectivity index (χ3v) is 5.76. The van der Waals surface area contributed by atoms with Crippen molar-refractivity contribution in [3.05, 3.63) is 23.3 Å². The lowest BCUT2D eigenvalue weighted by Crippen LogP contribution is -2.38. The Labute approximate surface area is 118 Å². The van der Waals surface area contributed by atoms with E-state index in [2.05, 4.69) is 40.8 Å². The SMILES string of the molecule is CCc1ccc(S(=O)(=O)O)c([Si](C)C)c1C(C)(C)C. The average molecular weight is 299 g/mol. The number of hydrogen-bond acceptors (Lipinski definition) is 2. The second kappa shape index (κ2) is 5.38. The first-order valence-corrected chi connectivity index (χ1v) is 10.4. The van der Waals surface area contributed by atoms with E-state index in [1.54, 1.807) is 6.07 Å². The summed E-state index contributed by atoms with van der Waals surface area (Å²) in [6.07, 6.45) is 0.862. The lowest BCUT2D eigenvalue weighted by atomic mass is 9.83. The summed E-state index contributed by atoms with van der Waals surface area (Å²) in [4.78, 5) is 0.0912. The van der Waals surface area contributed by atoms with Crippen LogP contribution in [0, 0.1) is 0 Å². The van der Waals surface area contributed by atoms with Gasteiger partial charge < -0.3 is 0 Å². The Morgan fingerprint density at radius 1 is 1.21 bits per heavy atom. The molecule has 1 radical (unpaired) electrons. The summed E-state index contributed by atoms with van der Waals surface area (Å²) in [6.45, 7) is 12.4. The second-order valence-electron chi connectivity index (χ2n) is 6.05. The van der Waals surface area contributed by atoms with Gasteiger partial charge in [-0.15, -0.1) is 0 Å². The van der Waals surface area contributed by atoms with Gasteiger partial charge in [-0.25, -0.2) is 0 Å². The van der Waals surface area contributed by atoms with Crippen molar-refractivity contribution >= 4 is 24.1 Å². The largest absolute Gasteiger partial charge is 0.294 e. The van der Waals surface area contributed by atoms with Crippen LogP contribution in [0.4, 0.5) is 0 Å². The van der Waals surface area contributed by atoms with E-state index in [0.29, 0.717) is 0 Å². The highest BCUT2D eigenvalue weighted by Gasteiger charge is 2.28. The van der Waals surface area contributed by atoms with Gasteiger partial charge in [-0.2, -0.15) is 8.42 Å². The van der Waals surface area contributed by atoms with Crippen molar-refractivity contribution in [3.63, 3.8) is 0 Å². The molecule has 0 saturated carbocycles. The monoisotopic (exact) mass is 299 g/mol. The van der Waals surface area contributed by atoms with E-state index < -0.39 is 18.9 Å². The quantitative estimate of drug-likeness (QED) is 0.690. The molecule has 107 valence electrons. The van der Waals surface area contributed by atoms with Gasteiger partial charge in [-0.3, -0.25) is 4.55 Å². The molecule has 0 unspecified atom stereocenters. The highest BCUT2D eigenvalue weighted by molar-refractivity contribution is 7.86. The van der Waals surface area contributed by atoms with Crippen molar-refractivity contribution in [2.45, 2.75) is 57.5 Å². The number of rotatable bonds is 3. The third-order valence-electron chi connectivity index (χ3n) is 3.16. The number of benzene rings is 1. The summed E-state index contributed by atoms with van der Waals surface area (Å²) in [5.41, 5.74) is 2.12. The summed E-state index contributed by atoms with van der Waals surface area (Å²) < 4.78 is 32.7. The Morgan fingerprint density at radius 3 is 2.05 bits per heavy atom. The normalized spacial score (nSPS) is 13.1. The maximum absolute atomic E-state index is 11.6. The zero-order valence-corrected chi connectivity index (χ0v) is 14.4. The van der Waals surface area contributed by atoms with Crippen molar-refractivity contribution < 1.29 is 13.0 Å². The van der Waals surface area contributed by atoms with Crippen molar-refractivity contribution in [2.75, 3.05) is 0 Å². The van der Waals surface area contributed by atoms with Gasteiger partial charge in [0, 0.05) is 0 Å². The van der Waals surface area contributed by atoms with Crippen LogP contribution in [0.15, 0.2) is 17.0 Å².